The monoisotopic (exact) mass is 213 g/mol. The number of allylic oxidation sites excluding steroid dienone is 1. The zero-order valence-corrected chi connectivity index (χ0v) is 9.30. The average molecular weight is 213 g/mol. The smallest absolute Gasteiger partial charge is 0.216 e. The van der Waals surface area contributed by atoms with Crippen LogP contribution in [0, 0.1) is 0 Å². The third-order valence-corrected chi connectivity index (χ3v) is 1.97. The van der Waals surface area contributed by atoms with Crippen LogP contribution < -0.4 is 5.32 Å². The van der Waals surface area contributed by atoms with Gasteiger partial charge in [-0.25, -0.2) is 0 Å². The summed E-state index contributed by atoms with van der Waals surface area (Å²) < 4.78 is 0. The molecule has 0 aromatic rings. The molecule has 0 aliphatic rings. The van der Waals surface area contributed by atoms with Crippen molar-refractivity contribution in [2.45, 2.75) is 25.5 Å². The van der Waals surface area contributed by atoms with E-state index in [0.29, 0.717) is 6.42 Å². The predicted octanol–water partition coefficient (Wildman–Crippen LogP) is 1.11. The molecular formula is C10H15NO2S. The van der Waals surface area contributed by atoms with Crippen molar-refractivity contribution in [2.24, 2.45) is 0 Å². The number of hydrogen-bond donors (Lipinski definition) is 2. The molecule has 1 amide bonds. The molecule has 14 heavy (non-hydrogen) atoms. The third-order valence-electron chi connectivity index (χ3n) is 1.50. The molecule has 0 spiro atoms. The summed E-state index contributed by atoms with van der Waals surface area (Å²) in [6.07, 6.45) is 3.69. The number of hydrogen-bond acceptors (Lipinski definition) is 3. The number of rotatable bonds is 5. The number of amides is 1. The molecule has 78 valence electrons. The second-order valence-corrected chi connectivity index (χ2v) is 3.41. The van der Waals surface area contributed by atoms with Crippen LogP contribution in [0.15, 0.2) is 17.9 Å². The van der Waals surface area contributed by atoms with Crippen molar-refractivity contribution in [1.29, 1.82) is 0 Å². The lowest BCUT2D eigenvalue weighted by atomic mass is 10.2. The Morgan fingerprint density at radius 3 is 2.71 bits per heavy atom. The molecule has 1 N–H and O–H groups in total. The van der Waals surface area contributed by atoms with Gasteiger partial charge in [0.25, 0.3) is 0 Å². The highest BCUT2D eigenvalue weighted by Gasteiger charge is 2.11. The summed E-state index contributed by atoms with van der Waals surface area (Å²) in [6, 6.07) is 0. The molecule has 0 saturated carbocycles. The summed E-state index contributed by atoms with van der Waals surface area (Å²) in [4.78, 5) is 21.9. The highest BCUT2D eigenvalue weighted by molar-refractivity contribution is 7.81. The van der Waals surface area contributed by atoms with E-state index in [-0.39, 0.29) is 18.2 Å². The first kappa shape index (κ1) is 13.0. The fourth-order valence-electron chi connectivity index (χ4n) is 0.768. The van der Waals surface area contributed by atoms with Gasteiger partial charge in [-0.05, 0) is 19.1 Å². The average Bonchev–Trinajstić information content (AvgIpc) is 2.14. The Kier molecular flexibility index (Phi) is 6.89. The SMILES string of the molecule is CC=C=CCC(=O)[C@@H](S)CNC(C)=O. The van der Waals surface area contributed by atoms with Crippen molar-refractivity contribution < 1.29 is 9.59 Å². The van der Waals surface area contributed by atoms with Crippen molar-refractivity contribution in [1.82, 2.24) is 5.32 Å². The largest absolute Gasteiger partial charge is 0.355 e. The Morgan fingerprint density at radius 2 is 2.21 bits per heavy atom. The van der Waals surface area contributed by atoms with Gasteiger partial charge in [-0.1, -0.05) is 0 Å². The lowest BCUT2D eigenvalue weighted by molar-refractivity contribution is -0.119. The third kappa shape index (κ3) is 6.52. The maximum Gasteiger partial charge on any atom is 0.216 e. The highest BCUT2D eigenvalue weighted by atomic mass is 32.1. The number of thiol groups is 1. The Bertz CT molecular complexity index is 267. The molecule has 0 fully saturated rings. The van der Waals surface area contributed by atoms with Gasteiger partial charge in [-0.2, -0.15) is 12.6 Å². The van der Waals surface area contributed by atoms with Crippen LogP contribution in [-0.4, -0.2) is 23.5 Å². The molecule has 0 rings (SSSR count). The van der Waals surface area contributed by atoms with E-state index in [9.17, 15) is 9.59 Å². The fourth-order valence-corrected chi connectivity index (χ4v) is 0.964. The zero-order chi connectivity index (χ0) is 11.0. The van der Waals surface area contributed by atoms with Crippen LogP contribution in [-0.2, 0) is 9.59 Å². The summed E-state index contributed by atoms with van der Waals surface area (Å²) in [5.74, 6) is -0.169. The molecular weight excluding hydrogens is 198 g/mol. The van der Waals surface area contributed by atoms with Gasteiger partial charge >= 0.3 is 0 Å². The molecule has 0 heterocycles. The molecule has 0 radical (unpaired) electrons. The van der Waals surface area contributed by atoms with E-state index in [1.165, 1.54) is 6.92 Å². The Balaban J connectivity index is 3.87. The number of Topliss-reactive ketones (excluding diaryl/α,β-unsaturated/α-hetero) is 1. The van der Waals surface area contributed by atoms with Gasteiger partial charge in [0.15, 0.2) is 5.78 Å². The van der Waals surface area contributed by atoms with Crippen LogP contribution in [0.1, 0.15) is 20.3 Å². The van der Waals surface area contributed by atoms with Crippen molar-refractivity contribution in [3.63, 3.8) is 0 Å². The molecule has 1 atom stereocenters. The van der Waals surface area contributed by atoms with Crippen LogP contribution in [0.25, 0.3) is 0 Å². The summed E-state index contributed by atoms with van der Waals surface area (Å²) in [5.41, 5.74) is 2.81. The number of carbonyl (C=O) groups excluding carboxylic acids is 2. The van der Waals surface area contributed by atoms with Crippen molar-refractivity contribution in [3.05, 3.63) is 17.9 Å². The highest BCUT2D eigenvalue weighted by Crippen LogP contribution is 1.99. The van der Waals surface area contributed by atoms with Crippen molar-refractivity contribution in [2.75, 3.05) is 6.54 Å². The summed E-state index contributed by atoms with van der Waals surface area (Å²) >= 11 is 4.08. The molecule has 0 aromatic heterocycles. The maximum absolute atomic E-state index is 11.3. The first-order chi connectivity index (χ1) is 6.57. The van der Waals surface area contributed by atoms with Gasteiger partial charge in [0.05, 0.1) is 5.25 Å². The van der Waals surface area contributed by atoms with E-state index in [1.54, 1.807) is 12.2 Å². The van der Waals surface area contributed by atoms with Crippen LogP contribution in [0.5, 0.6) is 0 Å². The van der Waals surface area contributed by atoms with Crippen LogP contribution >= 0.6 is 12.6 Å². The second kappa shape index (κ2) is 7.42. The molecule has 0 aliphatic carbocycles. The Morgan fingerprint density at radius 1 is 1.57 bits per heavy atom. The van der Waals surface area contributed by atoms with Crippen LogP contribution in [0.2, 0.25) is 0 Å². The summed E-state index contributed by atoms with van der Waals surface area (Å²) in [6.45, 7) is 3.52. The Labute approximate surface area is 89.7 Å². The number of nitrogens with one attached hydrogen (secondary N) is 1. The van der Waals surface area contributed by atoms with Gasteiger partial charge in [-0.15, -0.1) is 5.73 Å². The van der Waals surface area contributed by atoms with Crippen molar-refractivity contribution in [3.8, 4) is 0 Å². The number of carbonyl (C=O) groups is 2. The minimum Gasteiger partial charge on any atom is -0.355 e. The lowest BCUT2D eigenvalue weighted by Gasteiger charge is -2.07. The van der Waals surface area contributed by atoms with E-state index >= 15 is 0 Å². The molecule has 3 nitrogen and oxygen atoms in total. The normalized spacial score (nSPS) is 11.1. The number of ketones is 1. The van der Waals surface area contributed by atoms with Crippen LogP contribution in [0.3, 0.4) is 0 Å². The lowest BCUT2D eigenvalue weighted by Crippen LogP contribution is -2.31. The molecule has 0 saturated heterocycles. The summed E-state index contributed by atoms with van der Waals surface area (Å²) in [7, 11) is 0. The minimum absolute atomic E-state index is 0.0172. The van der Waals surface area contributed by atoms with Crippen LogP contribution in [0.4, 0.5) is 0 Å². The predicted molar refractivity (Wildman–Crippen MR) is 59.4 cm³/mol. The second-order valence-electron chi connectivity index (χ2n) is 2.78. The molecule has 0 bridgehead atoms. The van der Waals surface area contributed by atoms with E-state index in [1.807, 2.05) is 6.92 Å². The standard InChI is InChI=1S/C10H15NO2S/c1-3-4-5-6-9(13)10(14)7-11-8(2)12/h3,5,10,14H,6-7H2,1-2H3,(H,11,12)/t4?,10-/m0/s1. The van der Waals surface area contributed by atoms with Gasteiger partial charge in [0.1, 0.15) is 0 Å². The van der Waals surface area contributed by atoms with Crippen molar-refractivity contribution >= 4 is 24.3 Å². The minimum atomic E-state index is -0.436. The Hall–Kier alpha value is -0.990. The van der Waals surface area contributed by atoms with Gasteiger partial charge in [0.2, 0.25) is 5.91 Å². The van der Waals surface area contributed by atoms with Gasteiger partial charge in [-0.3, -0.25) is 9.59 Å². The van der Waals surface area contributed by atoms with E-state index in [0.717, 1.165) is 0 Å². The molecule has 0 aromatic carbocycles. The summed E-state index contributed by atoms with van der Waals surface area (Å²) in [5, 5.41) is 2.10. The first-order valence-corrected chi connectivity index (χ1v) is 4.90. The molecule has 0 unspecified atom stereocenters. The molecule has 4 heteroatoms. The van der Waals surface area contributed by atoms with Gasteiger partial charge < -0.3 is 5.32 Å². The van der Waals surface area contributed by atoms with Gasteiger partial charge in [0, 0.05) is 19.9 Å². The zero-order valence-electron chi connectivity index (χ0n) is 8.41. The topological polar surface area (TPSA) is 46.2 Å². The quantitative estimate of drug-likeness (QED) is 0.531. The first-order valence-electron chi connectivity index (χ1n) is 4.38. The van der Waals surface area contributed by atoms with E-state index in [4.69, 9.17) is 0 Å². The maximum atomic E-state index is 11.3. The van der Waals surface area contributed by atoms with E-state index < -0.39 is 5.25 Å². The van der Waals surface area contributed by atoms with E-state index in [2.05, 4.69) is 23.7 Å². The molecule has 0 aliphatic heterocycles. The fraction of sp³-hybridized carbons (Fsp3) is 0.500.